The summed E-state index contributed by atoms with van der Waals surface area (Å²) in [5.41, 5.74) is 1.01. The monoisotopic (exact) mass is 500 g/mol. The van der Waals surface area contributed by atoms with Gasteiger partial charge in [0.05, 0.1) is 21.5 Å². The van der Waals surface area contributed by atoms with Gasteiger partial charge in [-0.25, -0.2) is 0 Å². The van der Waals surface area contributed by atoms with Gasteiger partial charge >= 0.3 is 0 Å². The number of halogens is 4. The fraction of sp³-hybridized carbons (Fsp3) is 0.105. The fourth-order valence-electron chi connectivity index (χ4n) is 2.75. The number of carbonyl (C=O) groups is 1. The molecule has 4 aromatic rings. The average Bonchev–Trinajstić information content (AvgIpc) is 3.25. The second kappa shape index (κ2) is 8.69. The van der Waals surface area contributed by atoms with E-state index in [1.165, 1.54) is 23.9 Å². The van der Waals surface area contributed by atoms with Gasteiger partial charge in [0.1, 0.15) is 5.58 Å². The quantitative estimate of drug-likeness (QED) is 0.313. The van der Waals surface area contributed by atoms with Crippen molar-refractivity contribution >= 4 is 80.7 Å². The van der Waals surface area contributed by atoms with Crippen LogP contribution in [-0.2, 0) is 11.8 Å². The van der Waals surface area contributed by atoms with Crippen LogP contribution in [0.2, 0.25) is 20.1 Å². The Hall–Kier alpha value is -1.90. The molecule has 0 radical (unpaired) electrons. The van der Waals surface area contributed by atoms with Crippen molar-refractivity contribution in [2.75, 3.05) is 11.1 Å². The van der Waals surface area contributed by atoms with Gasteiger partial charge in [-0.05, 0) is 36.4 Å². The van der Waals surface area contributed by atoms with Gasteiger partial charge in [0.25, 0.3) is 0 Å². The van der Waals surface area contributed by atoms with Crippen LogP contribution in [0.15, 0.2) is 46.0 Å². The summed E-state index contributed by atoms with van der Waals surface area (Å²) in [6, 6.07) is 10.2. The average molecular weight is 502 g/mol. The van der Waals surface area contributed by atoms with Crippen LogP contribution in [0.5, 0.6) is 0 Å². The van der Waals surface area contributed by atoms with Gasteiger partial charge in [-0.3, -0.25) is 4.79 Å². The highest BCUT2D eigenvalue weighted by Crippen LogP contribution is 2.34. The Bertz CT molecular complexity index is 1250. The molecule has 1 amide bonds. The maximum atomic E-state index is 12.3. The molecule has 30 heavy (non-hydrogen) atoms. The van der Waals surface area contributed by atoms with Gasteiger partial charge in [-0.2, -0.15) is 0 Å². The van der Waals surface area contributed by atoms with Crippen LogP contribution >= 0.6 is 58.2 Å². The van der Waals surface area contributed by atoms with Crippen LogP contribution in [0, 0.1) is 0 Å². The van der Waals surface area contributed by atoms with Crippen LogP contribution in [-0.4, -0.2) is 26.4 Å². The highest BCUT2D eigenvalue weighted by molar-refractivity contribution is 7.99. The molecule has 0 aliphatic carbocycles. The van der Waals surface area contributed by atoms with Gasteiger partial charge in [0.2, 0.25) is 5.91 Å². The number of nitrogens with one attached hydrogen (secondary N) is 1. The third kappa shape index (κ3) is 4.40. The van der Waals surface area contributed by atoms with Crippen molar-refractivity contribution in [3.05, 3.63) is 56.5 Å². The molecule has 0 saturated carbocycles. The molecule has 0 atom stereocenters. The molecule has 0 aliphatic rings. The molecule has 0 bridgehead atoms. The summed E-state index contributed by atoms with van der Waals surface area (Å²) in [6.07, 6.45) is 0. The number of carbonyl (C=O) groups excluding carboxylic acids is 1. The number of fused-ring (bicyclic) bond motifs is 1. The Balaban J connectivity index is 1.47. The van der Waals surface area contributed by atoms with Gasteiger partial charge < -0.3 is 14.3 Å². The van der Waals surface area contributed by atoms with E-state index < -0.39 is 0 Å². The van der Waals surface area contributed by atoms with Crippen LogP contribution < -0.4 is 5.32 Å². The number of thioether (sulfide) groups is 1. The standard InChI is InChI=1S/C19H12Cl4N4O2S/c1-27-18(15-5-9-4-10(20)2-3-14(9)29-15)25-26-19(27)30-8-16(28)24-17-12(22)6-11(21)7-13(17)23/h2-7H,8H2,1H3,(H,24,28). The maximum absolute atomic E-state index is 12.3. The zero-order valence-corrected chi connectivity index (χ0v) is 19.1. The minimum atomic E-state index is -0.297. The van der Waals surface area contributed by atoms with Gasteiger partial charge in [-0.1, -0.05) is 58.2 Å². The van der Waals surface area contributed by atoms with E-state index in [4.69, 9.17) is 50.8 Å². The molecule has 0 unspecified atom stereocenters. The molecule has 4 rings (SSSR count). The summed E-state index contributed by atoms with van der Waals surface area (Å²) in [6.45, 7) is 0. The lowest BCUT2D eigenvalue weighted by Gasteiger charge is -2.09. The Morgan fingerprint density at radius 1 is 1.07 bits per heavy atom. The number of hydrogen-bond acceptors (Lipinski definition) is 5. The molecule has 0 aliphatic heterocycles. The van der Waals surface area contributed by atoms with Gasteiger partial charge in [0.15, 0.2) is 16.7 Å². The number of aromatic nitrogens is 3. The lowest BCUT2D eigenvalue weighted by Crippen LogP contribution is -2.15. The molecule has 0 saturated heterocycles. The minimum absolute atomic E-state index is 0.0804. The predicted octanol–water partition coefficient (Wildman–Crippen LogP) is 6.57. The second-order valence-electron chi connectivity index (χ2n) is 6.24. The SMILES string of the molecule is Cn1c(SCC(=O)Nc2c(Cl)cc(Cl)cc2Cl)nnc1-c1cc2cc(Cl)ccc2o1. The molecule has 1 N–H and O–H groups in total. The normalized spacial score (nSPS) is 11.2. The van der Waals surface area contributed by atoms with E-state index in [-0.39, 0.29) is 21.7 Å². The molecule has 6 nitrogen and oxygen atoms in total. The van der Waals surface area contributed by atoms with Gasteiger partial charge in [-0.15, -0.1) is 10.2 Å². The summed E-state index contributed by atoms with van der Waals surface area (Å²) in [7, 11) is 1.79. The summed E-state index contributed by atoms with van der Waals surface area (Å²) >= 11 is 25.3. The predicted molar refractivity (Wildman–Crippen MR) is 122 cm³/mol. The minimum Gasteiger partial charge on any atom is -0.453 e. The largest absolute Gasteiger partial charge is 0.453 e. The van der Waals surface area contributed by atoms with Crippen LogP contribution in [0.3, 0.4) is 0 Å². The van der Waals surface area contributed by atoms with E-state index in [1.807, 2.05) is 12.1 Å². The van der Waals surface area contributed by atoms with Crippen molar-refractivity contribution in [1.29, 1.82) is 0 Å². The lowest BCUT2D eigenvalue weighted by atomic mass is 10.2. The number of anilines is 1. The van der Waals surface area contributed by atoms with Crippen LogP contribution in [0.4, 0.5) is 5.69 Å². The number of nitrogens with zero attached hydrogens (tertiary/aromatic N) is 3. The number of benzene rings is 2. The summed E-state index contributed by atoms with van der Waals surface area (Å²) in [5, 5.41) is 14.0. The lowest BCUT2D eigenvalue weighted by molar-refractivity contribution is -0.113. The number of furan rings is 1. The highest BCUT2D eigenvalue weighted by atomic mass is 35.5. The maximum Gasteiger partial charge on any atom is 0.234 e. The number of amides is 1. The first-order valence-corrected chi connectivity index (χ1v) is 11.0. The van der Waals surface area contributed by atoms with Crippen molar-refractivity contribution in [2.45, 2.75) is 5.16 Å². The first-order chi connectivity index (χ1) is 14.3. The van der Waals surface area contributed by atoms with Crippen LogP contribution in [0.25, 0.3) is 22.6 Å². The van der Waals surface area contributed by atoms with Crippen molar-refractivity contribution in [2.24, 2.45) is 7.05 Å². The molecule has 2 aromatic carbocycles. The van der Waals surface area contributed by atoms with Crippen molar-refractivity contribution < 1.29 is 9.21 Å². The molecule has 0 spiro atoms. The third-order valence-electron chi connectivity index (χ3n) is 4.14. The first-order valence-electron chi connectivity index (χ1n) is 8.48. The van der Waals surface area contributed by atoms with E-state index in [0.29, 0.717) is 38.1 Å². The molecule has 2 aromatic heterocycles. The zero-order valence-electron chi connectivity index (χ0n) is 15.2. The second-order valence-corrected chi connectivity index (χ2v) is 8.87. The van der Waals surface area contributed by atoms with E-state index in [2.05, 4.69) is 15.5 Å². The van der Waals surface area contributed by atoms with E-state index in [0.717, 1.165) is 5.39 Å². The Morgan fingerprint density at radius 3 is 2.53 bits per heavy atom. The number of hydrogen-bond donors (Lipinski definition) is 1. The summed E-state index contributed by atoms with van der Waals surface area (Å²) in [4.78, 5) is 12.3. The highest BCUT2D eigenvalue weighted by Gasteiger charge is 2.17. The number of rotatable bonds is 5. The topological polar surface area (TPSA) is 73.0 Å². The molecule has 0 fully saturated rings. The molecule has 154 valence electrons. The Morgan fingerprint density at radius 2 is 1.80 bits per heavy atom. The third-order valence-corrected chi connectivity index (χ3v) is 6.21. The smallest absolute Gasteiger partial charge is 0.234 e. The van der Waals surface area contributed by atoms with Gasteiger partial charge in [0, 0.05) is 22.5 Å². The van der Waals surface area contributed by atoms with Crippen molar-refractivity contribution in [1.82, 2.24) is 14.8 Å². The van der Waals surface area contributed by atoms with Crippen LogP contribution in [0.1, 0.15) is 0 Å². The first kappa shape index (κ1) is 21.3. The summed E-state index contributed by atoms with van der Waals surface area (Å²) < 4.78 is 7.58. The van der Waals surface area contributed by atoms with E-state index in [9.17, 15) is 4.79 Å². The molecule has 11 heteroatoms. The molecular formula is C19H12Cl4N4O2S. The van der Waals surface area contributed by atoms with E-state index in [1.54, 1.807) is 23.7 Å². The molecule has 2 heterocycles. The van der Waals surface area contributed by atoms with Crippen molar-refractivity contribution in [3.63, 3.8) is 0 Å². The van der Waals surface area contributed by atoms with Crippen molar-refractivity contribution in [3.8, 4) is 11.6 Å². The van der Waals surface area contributed by atoms with E-state index >= 15 is 0 Å². The summed E-state index contributed by atoms with van der Waals surface area (Å²) in [5.74, 6) is 0.873. The Kier molecular flexibility index (Phi) is 6.18. The zero-order chi connectivity index (χ0) is 21.4. The Labute approximate surface area is 195 Å². The molecular weight excluding hydrogens is 490 g/mol. The fourth-order valence-corrected chi connectivity index (χ4v) is 4.55.